The molecule has 98 heavy (non-hydrogen) atoms. The van der Waals surface area contributed by atoms with Crippen molar-refractivity contribution >= 4 is 108 Å². The first kappa shape index (κ1) is 81.8. The molecule has 4 rings (SSSR count). The molecule has 2 heterocycles. The lowest BCUT2D eigenvalue weighted by atomic mass is 9.96. The van der Waals surface area contributed by atoms with Gasteiger partial charge in [0.2, 0.25) is 70.9 Å². The summed E-state index contributed by atoms with van der Waals surface area (Å²) in [7, 11) is 0. The summed E-state index contributed by atoms with van der Waals surface area (Å²) < 4.78 is 0. The minimum absolute atomic E-state index is 0.00968. The Morgan fingerprint density at radius 1 is 0.571 bits per heavy atom. The highest BCUT2D eigenvalue weighted by atomic mass is 32.1. The highest BCUT2D eigenvalue weighted by Gasteiger charge is 2.46. The van der Waals surface area contributed by atoms with Gasteiger partial charge in [-0.05, 0) is 75.3 Å². The van der Waals surface area contributed by atoms with Crippen LogP contribution in [-0.4, -0.2) is 231 Å². The molecule has 0 spiro atoms. The molecule has 2 aliphatic rings. The molecule has 12 amide bonds. The van der Waals surface area contributed by atoms with Gasteiger partial charge in [0.1, 0.15) is 66.5 Å². The van der Waals surface area contributed by atoms with Crippen LogP contribution in [0.5, 0.6) is 0 Å². The van der Waals surface area contributed by atoms with E-state index in [1.54, 1.807) is 88.4 Å². The van der Waals surface area contributed by atoms with E-state index in [4.69, 9.17) is 16.9 Å². The maximum atomic E-state index is 14.8. The van der Waals surface area contributed by atoms with Gasteiger partial charge in [0, 0.05) is 44.0 Å². The van der Waals surface area contributed by atoms with Crippen molar-refractivity contribution in [2.24, 2.45) is 23.3 Å². The number of guanidine groups is 1. The summed E-state index contributed by atoms with van der Waals surface area (Å²) in [6.45, 7) is 8.12. The first-order chi connectivity index (χ1) is 46.5. The van der Waals surface area contributed by atoms with Crippen molar-refractivity contribution in [2.75, 3.05) is 44.3 Å². The van der Waals surface area contributed by atoms with Gasteiger partial charge in [-0.15, -0.1) is 0 Å². The van der Waals surface area contributed by atoms with E-state index in [9.17, 15) is 77.6 Å². The average molecular weight is 1410 g/mol. The number of likely N-dealkylation sites (tertiary alicyclic amines) is 2. The van der Waals surface area contributed by atoms with Crippen LogP contribution in [0.4, 0.5) is 0 Å². The fraction of sp³-hybridized carbons (Fsp3) is 0.594. The number of aliphatic hydroxyl groups is 2. The first-order valence-electron chi connectivity index (χ1n) is 32.8. The molecule has 2 aromatic carbocycles. The third kappa shape index (κ3) is 25.0. The second-order valence-electron chi connectivity index (χ2n) is 24.5. The van der Waals surface area contributed by atoms with E-state index < -0.39 is 180 Å². The van der Waals surface area contributed by atoms with Gasteiger partial charge < -0.3 is 95.1 Å². The zero-order valence-electron chi connectivity index (χ0n) is 56.0. The Balaban J connectivity index is 1.47. The van der Waals surface area contributed by atoms with Gasteiger partial charge in [0.05, 0.1) is 25.3 Å². The van der Waals surface area contributed by atoms with E-state index in [-0.39, 0.29) is 75.6 Å². The van der Waals surface area contributed by atoms with Crippen LogP contribution in [0.1, 0.15) is 104 Å². The van der Waals surface area contributed by atoms with Crippen molar-refractivity contribution in [3.05, 3.63) is 71.8 Å². The molecule has 0 aliphatic carbocycles. The van der Waals surface area contributed by atoms with Crippen molar-refractivity contribution in [1.82, 2.24) is 68.3 Å². The monoisotopic (exact) mass is 1410 g/mol. The van der Waals surface area contributed by atoms with Gasteiger partial charge in [-0.25, -0.2) is 4.79 Å². The van der Waals surface area contributed by atoms with E-state index in [2.05, 4.69) is 83.7 Å². The number of benzene rings is 2. The smallest absolute Gasteiger partial charge is 0.326 e. The number of aliphatic carboxylic acids is 1. The molecule has 542 valence electrons. The highest BCUT2D eigenvalue weighted by molar-refractivity contribution is 7.80. The molecular weight excluding hydrogens is 1310 g/mol. The van der Waals surface area contributed by atoms with Gasteiger partial charge in [0.15, 0.2) is 5.96 Å². The number of carbonyl (C=O) groups is 13. The van der Waals surface area contributed by atoms with Gasteiger partial charge >= 0.3 is 5.97 Å². The highest BCUT2D eigenvalue weighted by Crippen LogP contribution is 2.27. The van der Waals surface area contributed by atoms with Gasteiger partial charge in [-0.2, -0.15) is 25.3 Å². The zero-order valence-corrected chi connectivity index (χ0v) is 57.8. The summed E-state index contributed by atoms with van der Waals surface area (Å²) in [6.07, 6.45) is 0.117. The van der Waals surface area contributed by atoms with Crippen LogP contribution < -0.4 is 70.0 Å². The molecule has 0 unspecified atom stereocenters. The van der Waals surface area contributed by atoms with Gasteiger partial charge in [-0.3, -0.25) is 62.9 Å². The molecule has 32 nitrogen and oxygen atoms in total. The van der Waals surface area contributed by atoms with Gasteiger partial charge in [0.25, 0.3) is 0 Å². The summed E-state index contributed by atoms with van der Waals surface area (Å²) in [6, 6.07) is 0.745. The average Bonchev–Trinajstić information content (AvgIpc) is 1.60. The molecule has 0 saturated carbocycles. The summed E-state index contributed by atoms with van der Waals surface area (Å²) in [4.78, 5) is 181. The summed E-state index contributed by atoms with van der Waals surface area (Å²) in [5.74, 6) is -12.9. The predicted molar refractivity (Wildman–Crippen MR) is 366 cm³/mol. The van der Waals surface area contributed by atoms with Crippen LogP contribution in [0.2, 0.25) is 0 Å². The topological polar surface area (TPSA) is 497 Å². The number of carboxylic acids is 1. The third-order valence-electron chi connectivity index (χ3n) is 17.1. The lowest BCUT2D eigenvalue weighted by Crippen LogP contribution is -2.62. The Labute approximate surface area is 580 Å². The Hall–Kier alpha value is -8.60. The lowest BCUT2D eigenvalue weighted by Gasteiger charge is -2.35. The number of aliphatic hydroxyl groups excluding tert-OH is 2. The Morgan fingerprint density at radius 3 is 1.62 bits per heavy atom. The van der Waals surface area contributed by atoms with Crippen LogP contribution in [0.3, 0.4) is 0 Å². The number of carboxylic acid groups (broad SMARTS) is 1. The zero-order chi connectivity index (χ0) is 72.9. The Kier molecular flexibility index (Phi) is 34.2. The molecule has 19 N–H and O–H groups in total. The SMILES string of the molecule is CC[C@H](C)[C@H](NC(=O)[C@@H]1CCCN1C(=O)[C@@H]1CCCN1C(=O)[C@@H](NC(=O)[C@H](CO)NC(=O)[C@H](Cc1ccccc1)NC(=O)[C@@H](NC(=O)[C@H](C)NC(=O)[C@H](CCCNC(=N)N)NC(=O)CNC(=O)[C@@H](N)CS)[C@@H](C)O)[C@@H](C)CC)C(=O)N[C@@H](CS)C(=O)N[C@@H](Cc1ccccc1)C(=O)O. The van der Waals surface area contributed by atoms with Crippen LogP contribution >= 0.6 is 25.3 Å². The second-order valence-corrected chi connectivity index (χ2v) is 25.2. The second kappa shape index (κ2) is 41.0. The minimum atomic E-state index is -1.78. The quantitative estimate of drug-likeness (QED) is 0.0131. The van der Waals surface area contributed by atoms with Crippen molar-refractivity contribution < 1.29 is 77.6 Å². The summed E-state index contributed by atoms with van der Waals surface area (Å²) >= 11 is 8.22. The summed E-state index contributed by atoms with van der Waals surface area (Å²) in [5, 5.41) is 66.5. The Bertz CT molecular complexity index is 3090. The molecule has 34 heteroatoms. The first-order valence-corrected chi connectivity index (χ1v) is 34.0. The fourth-order valence-corrected chi connectivity index (χ4v) is 11.3. The molecule has 0 aromatic heterocycles. The van der Waals surface area contributed by atoms with Crippen molar-refractivity contribution in [1.29, 1.82) is 5.41 Å². The van der Waals surface area contributed by atoms with E-state index in [1.807, 2.05) is 0 Å². The van der Waals surface area contributed by atoms with Crippen molar-refractivity contribution in [3.8, 4) is 0 Å². The largest absolute Gasteiger partial charge is 0.480 e. The fourth-order valence-electron chi connectivity index (χ4n) is 10.9. The molecule has 2 fully saturated rings. The van der Waals surface area contributed by atoms with E-state index >= 15 is 0 Å². The van der Waals surface area contributed by atoms with Gasteiger partial charge in [-0.1, -0.05) is 101 Å². The third-order valence-corrected chi connectivity index (χ3v) is 17.8. The number of rotatable bonds is 39. The minimum Gasteiger partial charge on any atom is -0.480 e. The van der Waals surface area contributed by atoms with Crippen molar-refractivity contribution in [3.63, 3.8) is 0 Å². The molecule has 2 aromatic rings. The van der Waals surface area contributed by atoms with Crippen LogP contribution in [0.25, 0.3) is 0 Å². The number of carbonyl (C=O) groups excluding carboxylic acids is 12. The van der Waals surface area contributed by atoms with Crippen LogP contribution in [-0.2, 0) is 75.2 Å². The Morgan fingerprint density at radius 2 is 1.07 bits per heavy atom. The maximum absolute atomic E-state index is 14.8. The summed E-state index contributed by atoms with van der Waals surface area (Å²) in [5.41, 5.74) is 12.2. The molecule has 0 radical (unpaired) electrons. The van der Waals surface area contributed by atoms with E-state index in [1.165, 1.54) is 23.6 Å². The van der Waals surface area contributed by atoms with E-state index in [0.717, 1.165) is 0 Å². The van der Waals surface area contributed by atoms with Crippen LogP contribution in [0.15, 0.2) is 60.7 Å². The molecule has 0 bridgehead atoms. The standard InChI is InChI=1S/C64H98N16O16S2/c1-7-34(3)49(59(91)75-45(33-98)57(89)73-43(63(95)96)29-39-20-13-10-14-21-39)76-58(90)46-23-16-26-79(46)61(93)47-24-17-27-80(47)62(94)50(35(4)8-2)77-56(88)44(31-81)74-55(87)42(28-38-18-11-9-12-19-38)72-60(92)51(37(6)82)78-52(84)36(5)70-54(86)41(22-15-25-68-64(66)67)71-48(83)30-69-53(85)40(65)32-97/h9-14,18-21,34-37,40-47,49-51,81-82,97-98H,7-8,15-17,22-33,65H2,1-6H3,(H,69,85)(H,70,86)(H,71,83)(H,72,92)(H,73,89)(H,74,87)(H,75,91)(H,76,90)(H,77,88)(H,78,84)(H,95,96)(H4,66,67,68)/t34-,35-,36-,37+,40-,41-,42-,43-,44-,45-,46-,47-,49-,50-,51-/m0/s1. The number of thiol groups is 2. The predicted octanol–water partition coefficient (Wildman–Crippen LogP) is -4.05. The lowest BCUT2D eigenvalue weighted by molar-refractivity contribution is -0.149. The number of nitrogens with one attached hydrogen (secondary N) is 12. The molecule has 2 aliphatic heterocycles. The maximum Gasteiger partial charge on any atom is 0.326 e. The number of nitrogens with zero attached hydrogens (tertiary/aromatic N) is 2. The van der Waals surface area contributed by atoms with E-state index in [0.29, 0.717) is 36.8 Å². The molecule has 2 saturated heterocycles. The number of amides is 12. The van der Waals surface area contributed by atoms with Crippen LogP contribution in [0, 0.1) is 17.2 Å². The number of nitrogens with two attached hydrogens (primary N) is 2. The van der Waals surface area contributed by atoms with Crippen molar-refractivity contribution in [2.45, 2.75) is 184 Å². The number of hydrogen-bond donors (Lipinski definition) is 19. The molecular formula is C64H98N16O16S2. The normalized spacial score (nSPS) is 18.2. The molecule has 15 atom stereocenters. The number of hydrogen-bond acceptors (Lipinski definition) is 19.